The predicted octanol–water partition coefficient (Wildman–Crippen LogP) is 4.41. The fraction of sp³-hybridized carbons (Fsp3) is 0.316. The first-order chi connectivity index (χ1) is 12.5. The van der Waals surface area contributed by atoms with Gasteiger partial charge in [-0.05, 0) is 43.5 Å². The predicted molar refractivity (Wildman–Crippen MR) is 103 cm³/mol. The van der Waals surface area contributed by atoms with E-state index in [0.717, 1.165) is 11.3 Å². The van der Waals surface area contributed by atoms with Gasteiger partial charge in [-0.25, -0.2) is 0 Å². The van der Waals surface area contributed by atoms with Crippen molar-refractivity contribution in [3.63, 3.8) is 0 Å². The van der Waals surface area contributed by atoms with Crippen LogP contribution in [0.15, 0.2) is 42.5 Å². The molecule has 1 saturated heterocycles. The number of carbonyl (C=O) groups is 1. The highest BCUT2D eigenvalue weighted by molar-refractivity contribution is 6.31. The molecule has 136 valence electrons. The van der Waals surface area contributed by atoms with Crippen LogP contribution in [0.4, 0.5) is 17.1 Å². The second kappa shape index (κ2) is 7.74. The van der Waals surface area contributed by atoms with E-state index >= 15 is 0 Å². The molecule has 2 aromatic rings. The summed E-state index contributed by atoms with van der Waals surface area (Å²) in [4.78, 5) is 25.4. The summed E-state index contributed by atoms with van der Waals surface area (Å²) in [5, 5.41) is 14.8. The smallest absolute Gasteiger partial charge is 0.292 e. The van der Waals surface area contributed by atoms with Crippen molar-refractivity contribution in [1.29, 1.82) is 0 Å². The Hall–Kier alpha value is -2.60. The molecule has 6 nitrogen and oxygen atoms in total. The van der Waals surface area contributed by atoms with Crippen molar-refractivity contribution in [2.24, 2.45) is 5.92 Å². The van der Waals surface area contributed by atoms with E-state index in [1.165, 1.54) is 6.07 Å². The minimum Gasteiger partial charge on any atom is -0.366 e. The molecule has 1 heterocycles. The third-order valence-electron chi connectivity index (χ3n) is 4.81. The highest BCUT2D eigenvalue weighted by Crippen LogP contribution is 2.32. The number of nitrogens with zero attached hydrogens (tertiary/aromatic N) is 2. The zero-order valence-electron chi connectivity index (χ0n) is 14.4. The van der Waals surface area contributed by atoms with Crippen LogP contribution >= 0.6 is 11.6 Å². The number of hydrogen-bond donors (Lipinski definition) is 1. The zero-order chi connectivity index (χ0) is 18.7. The minimum atomic E-state index is -0.365. The van der Waals surface area contributed by atoms with E-state index in [2.05, 4.69) is 5.32 Å². The van der Waals surface area contributed by atoms with Crippen molar-refractivity contribution < 1.29 is 9.72 Å². The topological polar surface area (TPSA) is 75.5 Å². The lowest BCUT2D eigenvalue weighted by molar-refractivity contribution is -0.384. The van der Waals surface area contributed by atoms with Crippen LogP contribution < -0.4 is 10.2 Å². The molecule has 0 radical (unpaired) electrons. The molecule has 0 spiro atoms. The first kappa shape index (κ1) is 18.2. The van der Waals surface area contributed by atoms with Gasteiger partial charge in [0.2, 0.25) is 5.91 Å². The van der Waals surface area contributed by atoms with Crippen LogP contribution in [0.1, 0.15) is 18.4 Å². The normalized spacial score (nSPS) is 14.9. The van der Waals surface area contributed by atoms with Crippen LogP contribution in [-0.2, 0) is 4.79 Å². The molecule has 26 heavy (non-hydrogen) atoms. The third kappa shape index (κ3) is 3.80. The van der Waals surface area contributed by atoms with Gasteiger partial charge in [-0.2, -0.15) is 0 Å². The highest BCUT2D eigenvalue weighted by atomic mass is 35.5. The van der Waals surface area contributed by atoms with Crippen molar-refractivity contribution in [2.75, 3.05) is 23.3 Å². The molecule has 1 N–H and O–H groups in total. The molecule has 2 aromatic carbocycles. The van der Waals surface area contributed by atoms with Gasteiger partial charge in [-0.3, -0.25) is 14.9 Å². The summed E-state index contributed by atoms with van der Waals surface area (Å²) in [6.07, 6.45) is 1.30. The van der Waals surface area contributed by atoms with Gasteiger partial charge in [0.1, 0.15) is 5.69 Å². The molecule has 0 bridgehead atoms. The van der Waals surface area contributed by atoms with Gasteiger partial charge in [0.05, 0.1) is 4.92 Å². The number of para-hydroxylation sites is 2. The average molecular weight is 374 g/mol. The number of nitrogens with one attached hydrogen (secondary N) is 1. The molecule has 0 atom stereocenters. The van der Waals surface area contributed by atoms with Gasteiger partial charge >= 0.3 is 0 Å². The van der Waals surface area contributed by atoms with Crippen LogP contribution in [0.3, 0.4) is 0 Å². The molecule has 0 unspecified atom stereocenters. The number of benzene rings is 2. The van der Waals surface area contributed by atoms with Gasteiger partial charge < -0.3 is 10.2 Å². The number of nitro groups is 1. The van der Waals surface area contributed by atoms with Gasteiger partial charge in [0, 0.05) is 35.8 Å². The Kier molecular flexibility index (Phi) is 5.42. The second-order valence-corrected chi connectivity index (χ2v) is 6.82. The van der Waals surface area contributed by atoms with E-state index in [1.54, 1.807) is 24.3 Å². The Morgan fingerprint density at radius 1 is 1.19 bits per heavy atom. The monoisotopic (exact) mass is 373 g/mol. The van der Waals surface area contributed by atoms with Gasteiger partial charge in [0.25, 0.3) is 5.69 Å². The lowest BCUT2D eigenvalue weighted by Crippen LogP contribution is -2.38. The van der Waals surface area contributed by atoms with Crippen LogP contribution in [0, 0.1) is 23.0 Å². The summed E-state index contributed by atoms with van der Waals surface area (Å²) in [7, 11) is 0. The Morgan fingerprint density at radius 3 is 2.58 bits per heavy atom. The summed E-state index contributed by atoms with van der Waals surface area (Å²) in [6.45, 7) is 3.09. The first-order valence-corrected chi connectivity index (χ1v) is 8.89. The average Bonchev–Trinajstić information content (AvgIpc) is 2.65. The number of anilines is 2. The van der Waals surface area contributed by atoms with E-state index < -0.39 is 0 Å². The largest absolute Gasteiger partial charge is 0.366 e. The summed E-state index contributed by atoms with van der Waals surface area (Å²) < 4.78 is 0. The summed E-state index contributed by atoms with van der Waals surface area (Å²) >= 11 is 6.10. The zero-order valence-corrected chi connectivity index (χ0v) is 15.2. The second-order valence-electron chi connectivity index (χ2n) is 6.41. The summed E-state index contributed by atoms with van der Waals surface area (Å²) in [5.41, 5.74) is 2.29. The Balaban J connectivity index is 1.64. The standard InChI is InChI=1S/C19H20ClN3O3/c1-13-15(20)5-4-6-16(13)21-19(24)14-9-11-22(12-10-14)17-7-2-3-8-18(17)23(25)26/h2-8,14H,9-12H2,1H3,(H,21,24). The summed E-state index contributed by atoms with van der Waals surface area (Å²) in [5.74, 6) is -0.148. The number of amides is 1. The fourth-order valence-electron chi connectivity index (χ4n) is 3.25. The molecule has 0 saturated carbocycles. The highest BCUT2D eigenvalue weighted by Gasteiger charge is 2.28. The van der Waals surface area contributed by atoms with Crippen molar-refractivity contribution in [1.82, 2.24) is 0 Å². The number of halogens is 1. The van der Waals surface area contributed by atoms with Gasteiger partial charge in [0.15, 0.2) is 0 Å². The molecular weight excluding hydrogens is 354 g/mol. The van der Waals surface area contributed by atoms with E-state index in [9.17, 15) is 14.9 Å². The van der Waals surface area contributed by atoms with E-state index in [-0.39, 0.29) is 22.4 Å². The molecule has 0 aliphatic carbocycles. The van der Waals surface area contributed by atoms with Crippen molar-refractivity contribution >= 4 is 34.6 Å². The Labute approximate surface area is 156 Å². The van der Waals surface area contributed by atoms with Crippen molar-refractivity contribution in [2.45, 2.75) is 19.8 Å². The summed E-state index contributed by atoms with van der Waals surface area (Å²) in [6, 6.07) is 12.2. The van der Waals surface area contributed by atoms with E-state index in [4.69, 9.17) is 11.6 Å². The minimum absolute atomic E-state index is 0.0300. The molecule has 1 aliphatic rings. The van der Waals surface area contributed by atoms with Crippen LogP contribution in [-0.4, -0.2) is 23.9 Å². The van der Waals surface area contributed by atoms with E-state index in [0.29, 0.717) is 36.6 Å². The van der Waals surface area contributed by atoms with Crippen molar-refractivity contribution in [3.05, 3.63) is 63.2 Å². The van der Waals surface area contributed by atoms with Gasteiger partial charge in [-0.1, -0.05) is 29.8 Å². The Bertz CT molecular complexity index is 833. The quantitative estimate of drug-likeness (QED) is 0.636. The maximum atomic E-state index is 12.6. The van der Waals surface area contributed by atoms with Crippen LogP contribution in [0.2, 0.25) is 5.02 Å². The fourth-order valence-corrected chi connectivity index (χ4v) is 3.42. The maximum Gasteiger partial charge on any atom is 0.292 e. The molecule has 1 aliphatic heterocycles. The first-order valence-electron chi connectivity index (χ1n) is 8.51. The molecule has 7 heteroatoms. The van der Waals surface area contributed by atoms with E-state index in [1.807, 2.05) is 24.0 Å². The van der Waals surface area contributed by atoms with Crippen LogP contribution in [0.5, 0.6) is 0 Å². The third-order valence-corrected chi connectivity index (χ3v) is 5.22. The number of rotatable bonds is 4. The Morgan fingerprint density at radius 2 is 1.88 bits per heavy atom. The SMILES string of the molecule is Cc1c(Cl)cccc1NC(=O)C1CCN(c2ccccc2[N+](=O)[O-])CC1. The lowest BCUT2D eigenvalue weighted by atomic mass is 9.95. The van der Waals surface area contributed by atoms with Gasteiger partial charge in [-0.15, -0.1) is 0 Å². The molecule has 1 amide bonds. The molecule has 0 aromatic heterocycles. The maximum absolute atomic E-state index is 12.6. The molecule has 1 fully saturated rings. The molecular formula is C19H20ClN3O3. The lowest BCUT2D eigenvalue weighted by Gasteiger charge is -2.32. The number of carbonyl (C=O) groups excluding carboxylic acids is 1. The van der Waals surface area contributed by atoms with Crippen LogP contribution in [0.25, 0.3) is 0 Å². The number of hydrogen-bond acceptors (Lipinski definition) is 4. The van der Waals surface area contributed by atoms with Crippen molar-refractivity contribution in [3.8, 4) is 0 Å². The molecule has 3 rings (SSSR count). The number of piperidine rings is 1. The number of nitro benzene ring substituents is 1.